The molecule has 0 bridgehead atoms. The third-order valence-corrected chi connectivity index (χ3v) is 4.23. The van der Waals surface area contributed by atoms with Crippen LogP contribution < -0.4 is 5.73 Å². The highest BCUT2D eigenvalue weighted by Gasteiger charge is 2.17. The van der Waals surface area contributed by atoms with Crippen molar-refractivity contribution in [2.24, 2.45) is 11.7 Å². The van der Waals surface area contributed by atoms with Crippen molar-refractivity contribution in [2.45, 2.75) is 32.6 Å². The predicted molar refractivity (Wildman–Crippen MR) is 70.5 cm³/mol. The summed E-state index contributed by atoms with van der Waals surface area (Å²) in [5, 5.41) is 0. The summed E-state index contributed by atoms with van der Waals surface area (Å²) < 4.78 is 0. The minimum atomic E-state index is 0.873. The smallest absolute Gasteiger partial charge is 0.00109 e. The molecule has 0 aliphatic carbocycles. The van der Waals surface area contributed by atoms with Gasteiger partial charge in [-0.25, -0.2) is 0 Å². The Hall–Kier alpha value is 0.270. The van der Waals surface area contributed by atoms with Gasteiger partial charge >= 0.3 is 0 Å². The zero-order valence-corrected chi connectivity index (χ0v) is 10.9. The molecule has 0 atom stereocenters. The van der Waals surface area contributed by atoms with Crippen LogP contribution in [0.5, 0.6) is 0 Å². The standard InChI is InChI=1S/C12H26N2S/c1-2-15-11-3-8-14-9-5-12(4-7-13)6-10-14/h12H,2-11,13H2,1H3. The molecule has 1 rings (SSSR count). The van der Waals surface area contributed by atoms with Crippen molar-refractivity contribution >= 4 is 11.8 Å². The van der Waals surface area contributed by atoms with Gasteiger partial charge in [-0.2, -0.15) is 11.8 Å². The van der Waals surface area contributed by atoms with Crippen molar-refractivity contribution in [2.75, 3.05) is 37.7 Å². The highest BCUT2D eigenvalue weighted by Crippen LogP contribution is 2.19. The van der Waals surface area contributed by atoms with Crippen molar-refractivity contribution in [1.29, 1.82) is 0 Å². The number of hydrogen-bond donors (Lipinski definition) is 1. The maximum absolute atomic E-state index is 5.59. The molecular weight excluding hydrogens is 204 g/mol. The average molecular weight is 230 g/mol. The van der Waals surface area contributed by atoms with Crippen molar-refractivity contribution in [3.8, 4) is 0 Å². The zero-order chi connectivity index (χ0) is 10.9. The van der Waals surface area contributed by atoms with Crippen LogP contribution in [-0.4, -0.2) is 42.6 Å². The topological polar surface area (TPSA) is 29.3 Å². The van der Waals surface area contributed by atoms with E-state index in [1.165, 1.54) is 56.8 Å². The summed E-state index contributed by atoms with van der Waals surface area (Å²) >= 11 is 2.06. The number of hydrogen-bond acceptors (Lipinski definition) is 3. The van der Waals surface area contributed by atoms with Gasteiger partial charge in [0.1, 0.15) is 0 Å². The molecular formula is C12H26N2S. The Morgan fingerprint density at radius 1 is 1.33 bits per heavy atom. The average Bonchev–Trinajstić information content (AvgIpc) is 2.27. The largest absolute Gasteiger partial charge is 0.330 e. The summed E-state index contributed by atoms with van der Waals surface area (Å²) in [5.41, 5.74) is 5.59. The quantitative estimate of drug-likeness (QED) is 0.680. The molecule has 0 aromatic heterocycles. The van der Waals surface area contributed by atoms with E-state index in [1.54, 1.807) is 0 Å². The van der Waals surface area contributed by atoms with Gasteiger partial charge in [-0.3, -0.25) is 0 Å². The SMILES string of the molecule is CCSCCCN1CCC(CCN)CC1. The predicted octanol–water partition coefficient (Wildman–Crippen LogP) is 2.19. The van der Waals surface area contributed by atoms with Crippen LogP contribution in [0.3, 0.4) is 0 Å². The summed E-state index contributed by atoms with van der Waals surface area (Å²) in [5.74, 6) is 3.51. The second-order valence-corrected chi connectivity index (χ2v) is 5.81. The number of likely N-dealkylation sites (tertiary alicyclic amines) is 1. The fourth-order valence-corrected chi connectivity index (χ4v) is 2.89. The van der Waals surface area contributed by atoms with Crippen molar-refractivity contribution < 1.29 is 0 Å². The van der Waals surface area contributed by atoms with Crippen LogP contribution in [-0.2, 0) is 0 Å². The number of piperidine rings is 1. The fraction of sp³-hybridized carbons (Fsp3) is 1.00. The Morgan fingerprint density at radius 2 is 2.07 bits per heavy atom. The maximum Gasteiger partial charge on any atom is -0.00109 e. The molecule has 0 radical (unpaired) electrons. The first-order valence-electron chi connectivity index (χ1n) is 6.37. The molecule has 90 valence electrons. The molecule has 2 N–H and O–H groups in total. The van der Waals surface area contributed by atoms with Gasteiger partial charge in [0.2, 0.25) is 0 Å². The van der Waals surface area contributed by atoms with Crippen molar-refractivity contribution in [1.82, 2.24) is 4.90 Å². The Morgan fingerprint density at radius 3 is 2.67 bits per heavy atom. The Bertz CT molecular complexity index is 142. The number of nitrogens with two attached hydrogens (primary N) is 1. The molecule has 0 saturated carbocycles. The van der Waals surface area contributed by atoms with Crippen LogP contribution in [0.25, 0.3) is 0 Å². The summed E-state index contributed by atoms with van der Waals surface area (Å²) in [6.07, 6.45) is 5.34. The van der Waals surface area contributed by atoms with E-state index in [0.29, 0.717) is 0 Å². The van der Waals surface area contributed by atoms with E-state index < -0.39 is 0 Å². The summed E-state index contributed by atoms with van der Waals surface area (Å²) in [6, 6.07) is 0. The molecule has 1 heterocycles. The van der Waals surface area contributed by atoms with Gasteiger partial charge in [0.05, 0.1) is 0 Å². The van der Waals surface area contributed by atoms with E-state index in [2.05, 4.69) is 23.6 Å². The van der Waals surface area contributed by atoms with E-state index in [0.717, 1.165) is 12.5 Å². The maximum atomic E-state index is 5.59. The second-order valence-electron chi connectivity index (χ2n) is 4.41. The Kier molecular flexibility index (Phi) is 7.49. The van der Waals surface area contributed by atoms with Crippen LogP contribution in [0.2, 0.25) is 0 Å². The Labute approximate surface area is 99.0 Å². The van der Waals surface area contributed by atoms with E-state index >= 15 is 0 Å². The lowest BCUT2D eigenvalue weighted by molar-refractivity contribution is 0.181. The summed E-state index contributed by atoms with van der Waals surface area (Å²) in [6.45, 7) is 7.03. The zero-order valence-electron chi connectivity index (χ0n) is 10.1. The van der Waals surface area contributed by atoms with Crippen LogP contribution >= 0.6 is 11.8 Å². The van der Waals surface area contributed by atoms with Gasteiger partial charge in [-0.15, -0.1) is 0 Å². The molecule has 1 fully saturated rings. The van der Waals surface area contributed by atoms with Gasteiger partial charge < -0.3 is 10.6 Å². The van der Waals surface area contributed by atoms with Gasteiger partial charge in [0.25, 0.3) is 0 Å². The molecule has 1 aliphatic rings. The third kappa shape index (κ3) is 5.79. The van der Waals surface area contributed by atoms with Crippen LogP contribution in [0, 0.1) is 5.92 Å². The molecule has 0 spiro atoms. The normalized spacial score (nSPS) is 19.6. The molecule has 2 nitrogen and oxygen atoms in total. The molecule has 1 aliphatic heterocycles. The molecule has 15 heavy (non-hydrogen) atoms. The number of rotatable bonds is 7. The van der Waals surface area contributed by atoms with Gasteiger partial charge in [0, 0.05) is 0 Å². The lowest BCUT2D eigenvalue weighted by atomic mass is 9.93. The van der Waals surface area contributed by atoms with E-state index in [-0.39, 0.29) is 0 Å². The van der Waals surface area contributed by atoms with E-state index in [1.807, 2.05) is 0 Å². The molecule has 0 unspecified atom stereocenters. The van der Waals surface area contributed by atoms with Gasteiger partial charge in [0.15, 0.2) is 0 Å². The fourth-order valence-electron chi connectivity index (χ4n) is 2.27. The first kappa shape index (κ1) is 13.3. The molecule has 1 saturated heterocycles. The summed E-state index contributed by atoms with van der Waals surface area (Å²) in [7, 11) is 0. The van der Waals surface area contributed by atoms with E-state index in [4.69, 9.17) is 5.73 Å². The number of thioether (sulfide) groups is 1. The minimum Gasteiger partial charge on any atom is -0.330 e. The number of nitrogens with zero attached hydrogens (tertiary/aromatic N) is 1. The summed E-state index contributed by atoms with van der Waals surface area (Å²) in [4.78, 5) is 2.63. The van der Waals surface area contributed by atoms with Crippen LogP contribution in [0.1, 0.15) is 32.6 Å². The molecule has 0 amide bonds. The Balaban J connectivity index is 1.99. The monoisotopic (exact) mass is 230 g/mol. The van der Waals surface area contributed by atoms with Crippen molar-refractivity contribution in [3.63, 3.8) is 0 Å². The van der Waals surface area contributed by atoms with Crippen LogP contribution in [0.4, 0.5) is 0 Å². The van der Waals surface area contributed by atoms with Crippen LogP contribution in [0.15, 0.2) is 0 Å². The molecule has 0 aromatic rings. The lowest BCUT2D eigenvalue weighted by Crippen LogP contribution is -2.35. The first-order chi connectivity index (χ1) is 7.36. The van der Waals surface area contributed by atoms with E-state index in [9.17, 15) is 0 Å². The minimum absolute atomic E-state index is 0.873. The molecule has 0 aromatic carbocycles. The van der Waals surface area contributed by atoms with Gasteiger partial charge in [-0.05, 0) is 69.3 Å². The first-order valence-corrected chi connectivity index (χ1v) is 7.52. The van der Waals surface area contributed by atoms with Crippen molar-refractivity contribution in [3.05, 3.63) is 0 Å². The highest BCUT2D eigenvalue weighted by atomic mass is 32.2. The second kappa shape index (κ2) is 8.43. The third-order valence-electron chi connectivity index (χ3n) is 3.25. The lowest BCUT2D eigenvalue weighted by Gasteiger charge is -2.31. The molecule has 3 heteroatoms. The van der Waals surface area contributed by atoms with Gasteiger partial charge in [-0.1, -0.05) is 6.92 Å². The highest BCUT2D eigenvalue weighted by molar-refractivity contribution is 7.99.